The Balaban J connectivity index is 0.00000225. The lowest BCUT2D eigenvalue weighted by Gasteiger charge is -2.10. The van der Waals surface area contributed by atoms with Gasteiger partial charge in [-0.05, 0) is 42.8 Å². The van der Waals surface area contributed by atoms with Crippen molar-refractivity contribution in [3.63, 3.8) is 0 Å². The first-order valence-corrected chi connectivity index (χ1v) is 9.35. The molecule has 1 aromatic heterocycles. The molecule has 0 fully saturated rings. The first-order chi connectivity index (χ1) is 13.0. The average Bonchev–Trinajstić information content (AvgIpc) is 3.23. The summed E-state index contributed by atoms with van der Waals surface area (Å²) in [5.74, 6) is 0.453. The Morgan fingerprint density at radius 1 is 1.14 bits per heavy atom. The molecule has 4 rings (SSSR count). The van der Waals surface area contributed by atoms with Crippen LogP contribution in [0.5, 0.6) is 0 Å². The number of rotatable bonds is 4. The molecule has 3 aromatic rings. The zero-order valence-corrected chi connectivity index (χ0v) is 17.1. The molecule has 0 unspecified atom stereocenters. The molecule has 0 amide bonds. The Kier molecular flexibility index (Phi) is 6.28. The lowest BCUT2D eigenvalue weighted by molar-refractivity contribution is -0.693. The zero-order valence-electron chi connectivity index (χ0n) is 14.7. The highest BCUT2D eigenvalue weighted by Crippen LogP contribution is 2.32. The fraction of sp³-hybridized carbons (Fsp3) is 0.200. The van der Waals surface area contributed by atoms with Crippen molar-refractivity contribution in [2.24, 2.45) is 4.99 Å². The van der Waals surface area contributed by atoms with E-state index in [2.05, 4.69) is 9.56 Å². The lowest BCUT2D eigenvalue weighted by atomic mass is 10.1. The maximum Gasteiger partial charge on any atom is 0.257 e. The van der Waals surface area contributed by atoms with E-state index in [1.165, 1.54) is 12.1 Å². The summed E-state index contributed by atoms with van der Waals surface area (Å²) in [6.45, 7) is 0.967. The SMILES string of the molecule is Cl.[O-]C(C[n+]1cc(-c2ccc(F)cc2)n2c1CCC2)=Nc1c(Cl)cccc1Cl. The van der Waals surface area contributed by atoms with Gasteiger partial charge in [0.05, 0.1) is 28.7 Å². The average molecular weight is 441 g/mol. The number of aromatic nitrogens is 2. The maximum atomic E-state index is 13.2. The first-order valence-electron chi connectivity index (χ1n) is 8.59. The van der Waals surface area contributed by atoms with E-state index in [-0.39, 0.29) is 30.7 Å². The van der Waals surface area contributed by atoms with Crippen LogP contribution in [0.2, 0.25) is 10.0 Å². The Morgan fingerprint density at radius 2 is 1.82 bits per heavy atom. The van der Waals surface area contributed by atoms with Crippen LogP contribution in [0.4, 0.5) is 10.1 Å². The van der Waals surface area contributed by atoms with Crippen molar-refractivity contribution in [1.29, 1.82) is 0 Å². The third-order valence-electron chi connectivity index (χ3n) is 4.61. The van der Waals surface area contributed by atoms with Crippen LogP contribution in [-0.2, 0) is 19.5 Å². The smallest absolute Gasteiger partial charge is 0.257 e. The van der Waals surface area contributed by atoms with E-state index in [0.717, 1.165) is 36.5 Å². The van der Waals surface area contributed by atoms with Gasteiger partial charge in [-0.3, -0.25) is 4.99 Å². The minimum Gasteiger partial charge on any atom is -0.859 e. The highest BCUT2D eigenvalue weighted by Gasteiger charge is 2.28. The number of aliphatic imine (C=N–C) groups is 1. The Hall–Kier alpha value is -2.08. The van der Waals surface area contributed by atoms with Crippen LogP contribution in [-0.4, -0.2) is 10.5 Å². The van der Waals surface area contributed by atoms with Gasteiger partial charge < -0.3 is 5.11 Å². The summed E-state index contributed by atoms with van der Waals surface area (Å²) in [5, 5.41) is 13.2. The van der Waals surface area contributed by atoms with E-state index in [4.69, 9.17) is 23.2 Å². The summed E-state index contributed by atoms with van der Waals surface area (Å²) < 4.78 is 17.3. The molecule has 0 N–H and O–H groups in total. The van der Waals surface area contributed by atoms with Crippen molar-refractivity contribution >= 4 is 47.2 Å². The van der Waals surface area contributed by atoms with Crippen LogP contribution in [0.1, 0.15) is 12.2 Å². The summed E-state index contributed by atoms with van der Waals surface area (Å²) in [5.41, 5.74) is 2.17. The number of fused-ring (bicyclic) bond motifs is 1. The molecule has 1 aliphatic heterocycles. The topological polar surface area (TPSA) is 44.2 Å². The van der Waals surface area contributed by atoms with Gasteiger partial charge in [-0.25, -0.2) is 13.5 Å². The van der Waals surface area contributed by atoms with Crippen molar-refractivity contribution in [3.05, 3.63) is 70.3 Å². The summed E-state index contributed by atoms with van der Waals surface area (Å²) >= 11 is 12.2. The summed E-state index contributed by atoms with van der Waals surface area (Å²) in [4.78, 5) is 4.09. The van der Waals surface area contributed by atoms with Crippen LogP contribution in [0.25, 0.3) is 11.3 Å². The third kappa shape index (κ3) is 4.02. The third-order valence-corrected chi connectivity index (χ3v) is 5.22. The summed E-state index contributed by atoms with van der Waals surface area (Å²) in [7, 11) is 0. The van der Waals surface area contributed by atoms with Crippen LogP contribution in [0.3, 0.4) is 0 Å². The largest absolute Gasteiger partial charge is 0.859 e. The van der Waals surface area contributed by atoms with Gasteiger partial charge in [0.1, 0.15) is 18.6 Å². The molecule has 0 saturated carbocycles. The number of hydrogen-bond acceptors (Lipinski definition) is 2. The molecule has 4 nitrogen and oxygen atoms in total. The van der Waals surface area contributed by atoms with Gasteiger partial charge >= 0.3 is 0 Å². The second-order valence-corrected chi connectivity index (χ2v) is 7.21. The fourth-order valence-corrected chi connectivity index (χ4v) is 3.88. The van der Waals surface area contributed by atoms with Crippen molar-refractivity contribution in [1.82, 2.24) is 4.57 Å². The van der Waals surface area contributed by atoms with Crippen molar-refractivity contribution in [2.75, 3.05) is 0 Å². The molecule has 1 aliphatic rings. The van der Waals surface area contributed by atoms with Crippen LogP contribution in [0, 0.1) is 5.82 Å². The molecule has 8 heteroatoms. The van der Waals surface area contributed by atoms with Crippen molar-refractivity contribution in [2.45, 2.75) is 25.9 Å². The van der Waals surface area contributed by atoms with Gasteiger partial charge in [-0.2, -0.15) is 0 Å². The van der Waals surface area contributed by atoms with Crippen molar-refractivity contribution in [3.8, 4) is 11.3 Å². The normalized spacial score (nSPS) is 13.3. The molecular weight excluding hydrogens is 424 g/mol. The molecule has 0 spiro atoms. The van der Waals surface area contributed by atoms with Gasteiger partial charge in [-0.1, -0.05) is 29.3 Å². The molecular formula is C20H17Cl3FN3O. The van der Waals surface area contributed by atoms with E-state index >= 15 is 0 Å². The van der Waals surface area contributed by atoms with E-state index in [1.54, 1.807) is 30.3 Å². The second kappa shape index (κ2) is 8.52. The second-order valence-electron chi connectivity index (χ2n) is 6.40. The van der Waals surface area contributed by atoms with E-state index in [1.807, 2.05) is 10.8 Å². The molecule has 2 aromatic carbocycles. The number of halogens is 4. The maximum absolute atomic E-state index is 13.2. The number of nitrogens with zero attached hydrogens (tertiary/aromatic N) is 3. The first kappa shape index (κ1) is 20.6. The minimum atomic E-state index is -0.332. The molecule has 0 saturated heterocycles. The summed E-state index contributed by atoms with van der Waals surface area (Å²) in [6.07, 6.45) is 3.80. The van der Waals surface area contributed by atoms with Gasteiger partial charge in [0, 0.05) is 11.5 Å². The molecule has 28 heavy (non-hydrogen) atoms. The number of benzene rings is 2. The Labute approximate surface area is 178 Å². The van der Waals surface area contributed by atoms with Gasteiger partial charge in [0.15, 0.2) is 5.69 Å². The van der Waals surface area contributed by atoms with Crippen molar-refractivity contribution < 1.29 is 14.1 Å². The minimum absolute atomic E-state index is 0. The number of hydrogen-bond donors (Lipinski definition) is 0. The van der Waals surface area contributed by atoms with E-state index < -0.39 is 0 Å². The highest BCUT2D eigenvalue weighted by atomic mass is 35.5. The molecule has 0 radical (unpaired) electrons. The van der Waals surface area contributed by atoms with Gasteiger partial charge in [0.2, 0.25) is 0 Å². The molecule has 2 heterocycles. The van der Waals surface area contributed by atoms with Gasteiger partial charge in [-0.15, -0.1) is 12.4 Å². The fourth-order valence-electron chi connectivity index (χ4n) is 3.40. The number of para-hydroxylation sites is 1. The molecule has 146 valence electrons. The van der Waals surface area contributed by atoms with E-state index in [9.17, 15) is 9.50 Å². The summed E-state index contributed by atoms with van der Waals surface area (Å²) in [6, 6.07) is 11.4. The Bertz CT molecular complexity index is 1010. The Morgan fingerprint density at radius 3 is 2.50 bits per heavy atom. The van der Waals surface area contributed by atoms with Crippen LogP contribution >= 0.6 is 35.6 Å². The number of imidazole rings is 1. The van der Waals surface area contributed by atoms with Crippen LogP contribution < -0.4 is 9.67 Å². The quantitative estimate of drug-likeness (QED) is 0.338. The molecule has 0 aliphatic carbocycles. The predicted molar refractivity (Wildman–Crippen MR) is 109 cm³/mol. The monoisotopic (exact) mass is 439 g/mol. The van der Waals surface area contributed by atoms with Gasteiger partial charge in [0.25, 0.3) is 5.82 Å². The van der Waals surface area contributed by atoms with E-state index in [0.29, 0.717) is 15.7 Å². The molecule has 0 atom stereocenters. The van der Waals surface area contributed by atoms with Crippen LogP contribution in [0.15, 0.2) is 53.7 Å². The standard InChI is InChI=1S/C20H16Cl2FN3O.ClH/c21-15-3-1-4-16(22)20(15)24-18(27)12-25-11-17(26-10-2-5-19(25)26)13-6-8-14(23)9-7-13;/h1,3-4,6-9,11H,2,5,10,12H2;1H. The highest BCUT2D eigenvalue weighted by molar-refractivity contribution is 6.38. The predicted octanol–water partition coefficient (Wildman–Crippen LogP) is 4.35. The zero-order chi connectivity index (χ0) is 19.0. The molecule has 0 bridgehead atoms. The lowest BCUT2D eigenvalue weighted by Crippen LogP contribution is -2.43.